The molecule has 1 atom stereocenters. The Kier molecular flexibility index (Phi) is 9.11. The number of nitrogens with two attached hydrogens (primary N) is 1. The molecular weight excluding hydrogens is 453 g/mol. The Labute approximate surface area is 181 Å². The Bertz CT molecular complexity index is 507. The molecule has 3 aliphatic rings. The smallest absolute Gasteiger partial charge is 0.221 e. The second kappa shape index (κ2) is 10.8. The zero-order valence-electron chi connectivity index (χ0n) is 16.9. The van der Waals surface area contributed by atoms with Gasteiger partial charge in [-0.1, -0.05) is 19.3 Å². The lowest BCUT2D eigenvalue weighted by molar-refractivity contribution is -0.123. The number of aliphatic imine (C=N–C) groups is 1. The van der Waals surface area contributed by atoms with Gasteiger partial charge >= 0.3 is 0 Å². The fraction of sp³-hybridized carbons (Fsp3) is 0.900. The summed E-state index contributed by atoms with van der Waals surface area (Å²) in [5.74, 6) is 0.973. The molecule has 1 amide bonds. The van der Waals surface area contributed by atoms with Crippen LogP contribution in [0.15, 0.2) is 4.99 Å². The van der Waals surface area contributed by atoms with Crippen molar-refractivity contribution in [2.24, 2.45) is 22.1 Å². The van der Waals surface area contributed by atoms with Gasteiger partial charge in [0.1, 0.15) is 0 Å². The third-order valence-electron chi connectivity index (χ3n) is 6.71. The Morgan fingerprint density at radius 2 is 1.96 bits per heavy atom. The summed E-state index contributed by atoms with van der Waals surface area (Å²) in [6.45, 7) is 6.21. The molecule has 0 radical (unpaired) electrons. The number of rotatable bonds is 5. The molecule has 27 heavy (non-hydrogen) atoms. The van der Waals surface area contributed by atoms with E-state index in [1.165, 1.54) is 45.1 Å². The van der Waals surface area contributed by atoms with Crippen molar-refractivity contribution in [1.29, 1.82) is 0 Å². The molecular formula is C20H38IN5O. The van der Waals surface area contributed by atoms with Gasteiger partial charge < -0.3 is 20.9 Å². The number of hydrogen-bond donors (Lipinski definition) is 2. The van der Waals surface area contributed by atoms with E-state index >= 15 is 0 Å². The number of halogens is 1. The highest BCUT2D eigenvalue weighted by Crippen LogP contribution is 2.43. The molecule has 1 aliphatic carbocycles. The summed E-state index contributed by atoms with van der Waals surface area (Å²) in [5.41, 5.74) is 6.03. The average molecular weight is 491 g/mol. The van der Waals surface area contributed by atoms with Crippen LogP contribution in [0.2, 0.25) is 0 Å². The monoisotopic (exact) mass is 491 g/mol. The standard InChI is InChI=1S/C20H37N5O.HI/c1-22-19(25-14-10-20(16-25)8-3-2-4-9-20)23-11-6-13-24-12-5-7-17(15-24)18(21)26;/h17H,2-16H2,1H3,(H2,21,26)(H,22,23);1H. The van der Waals surface area contributed by atoms with E-state index in [1.54, 1.807) is 0 Å². The van der Waals surface area contributed by atoms with Gasteiger partial charge in [0, 0.05) is 33.2 Å². The molecule has 3 rings (SSSR count). The van der Waals surface area contributed by atoms with Crippen LogP contribution in [0.4, 0.5) is 0 Å². The maximum Gasteiger partial charge on any atom is 0.221 e. The molecule has 3 N–H and O–H groups in total. The first-order valence-corrected chi connectivity index (χ1v) is 10.6. The molecule has 1 spiro atoms. The summed E-state index contributed by atoms with van der Waals surface area (Å²) < 4.78 is 0. The van der Waals surface area contributed by atoms with Crippen LogP contribution < -0.4 is 11.1 Å². The van der Waals surface area contributed by atoms with Crippen LogP contribution in [0, 0.1) is 11.3 Å². The molecule has 1 saturated carbocycles. The van der Waals surface area contributed by atoms with E-state index in [1.807, 2.05) is 7.05 Å². The van der Waals surface area contributed by atoms with Crippen LogP contribution in [0.5, 0.6) is 0 Å². The summed E-state index contributed by atoms with van der Waals surface area (Å²) in [6, 6.07) is 0. The lowest BCUT2D eigenvalue weighted by Crippen LogP contribution is -2.44. The van der Waals surface area contributed by atoms with Crippen molar-refractivity contribution in [1.82, 2.24) is 15.1 Å². The molecule has 2 saturated heterocycles. The van der Waals surface area contributed by atoms with Gasteiger partial charge in [-0.15, -0.1) is 24.0 Å². The predicted molar refractivity (Wildman–Crippen MR) is 121 cm³/mol. The van der Waals surface area contributed by atoms with Crippen LogP contribution >= 0.6 is 24.0 Å². The first kappa shape index (κ1) is 22.7. The van der Waals surface area contributed by atoms with Crippen molar-refractivity contribution in [2.45, 2.75) is 57.8 Å². The van der Waals surface area contributed by atoms with Gasteiger partial charge in [-0.3, -0.25) is 9.79 Å². The molecule has 3 fully saturated rings. The van der Waals surface area contributed by atoms with Gasteiger partial charge in [0.15, 0.2) is 5.96 Å². The SMILES string of the molecule is CN=C(NCCCN1CCCC(C(N)=O)C1)N1CCC2(CCCCC2)C1.I. The summed E-state index contributed by atoms with van der Waals surface area (Å²) in [6.07, 6.45) is 11.5. The quantitative estimate of drug-likeness (QED) is 0.268. The third-order valence-corrected chi connectivity index (χ3v) is 6.71. The van der Waals surface area contributed by atoms with Gasteiger partial charge in [0.05, 0.1) is 5.92 Å². The van der Waals surface area contributed by atoms with Crippen molar-refractivity contribution >= 4 is 35.8 Å². The summed E-state index contributed by atoms with van der Waals surface area (Å²) in [7, 11) is 1.90. The molecule has 0 bridgehead atoms. The van der Waals surface area contributed by atoms with E-state index in [9.17, 15) is 4.79 Å². The van der Waals surface area contributed by atoms with Gasteiger partial charge in [-0.05, 0) is 57.0 Å². The minimum Gasteiger partial charge on any atom is -0.369 e. The Morgan fingerprint density at radius 1 is 1.19 bits per heavy atom. The second-order valence-electron chi connectivity index (χ2n) is 8.60. The second-order valence-corrected chi connectivity index (χ2v) is 8.60. The number of nitrogens with one attached hydrogen (secondary N) is 1. The van der Waals surface area contributed by atoms with E-state index in [2.05, 4.69) is 20.1 Å². The van der Waals surface area contributed by atoms with E-state index in [0.29, 0.717) is 5.41 Å². The molecule has 156 valence electrons. The van der Waals surface area contributed by atoms with Crippen LogP contribution in [-0.4, -0.2) is 68.0 Å². The molecule has 2 heterocycles. The highest BCUT2D eigenvalue weighted by molar-refractivity contribution is 14.0. The fourth-order valence-corrected chi connectivity index (χ4v) is 5.15. The lowest BCUT2D eigenvalue weighted by atomic mass is 9.73. The maximum absolute atomic E-state index is 11.4. The van der Waals surface area contributed by atoms with E-state index in [4.69, 9.17) is 5.73 Å². The van der Waals surface area contributed by atoms with Crippen LogP contribution in [0.3, 0.4) is 0 Å². The number of carbonyl (C=O) groups excluding carboxylic acids is 1. The molecule has 0 aromatic carbocycles. The van der Waals surface area contributed by atoms with Crippen molar-refractivity contribution < 1.29 is 4.79 Å². The minimum atomic E-state index is -0.140. The number of nitrogens with zero attached hydrogens (tertiary/aromatic N) is 3. The Morgan fingerprint density at radius 3 is 2.67 bits per heavy atom. The largest absolute Gasteiger partial charge is 0.369 e. The van der Waals surface area contributed by atoms with Crippen molar-refractivity contribution in [3.8, 4) is 0 Å². The van der Waals surface area contributed by atoms with Crippen molar-refractivity contribution in [2.75, 3.05) is 46.3 Å². The summed E-state index contributed by atoms with van der Waals surface area (Å²) in [5, 5.41) is 3.56. The normalized spacial score (nSPS) is 26.0. The van der Waals surface area contributed by atoms with Crippen molar-refractivity contribution in [3.63, 3.8) is 0 Å². The third kappa shape index (κ3) is 6.21. The number of hydrogen-bond acceptors (Lipinski definition) is 3. The number of primary amides is 1. The average Bonchev–Trinajstić information content (AvgIpc) is 3.05. The number of piperidine rings is 1. The number of carbonyl (C=O) groups is 1. The van der Waals surface area contributed by atoms with E-state index in [-0.39, 0.29) is 35.8 Å². The Balaban J connectivity index is 0.00000261. The molecule has 6 nitrogen and oxygen atoms in total. The molecule has 1 unspecified atom stereocenters. The Hall–Kier alpha value is -0.570. The molecule has 0 aromatic heterocycles. The first-order chi connectivity index (χ1) is 12.6. The van der Waals surface area contributed by atoms with E-state index in [0.717, 1.165) is 57.9 Å². The first-order valence-electron chi connectivity index (χ1n) is 10.6. The lowest BCUT2D eigenvalue weighted by Gasteiger charge is -2.34. The highest BCUT2D eigenvalue weighted by atomic mass is 127. The minimum absolute atomic E-state index is 0. The van der Waals surface area contributed by atoms with Gasteiger partial charge in [-0.25, -0.2) is 0 Å². The molecule has 2 aliphatic heterocycles. The number of likely N-dealkylation sites (tertiary alicyclic amines) is 2. The van der Waals surface area contributed by atoms with Crippen LogP contribution in [-0.2, 0) is 4.79 Å². The van der Waals surface area contributed by atoms with E-state index < -0.39 is 0 Å². The van der Waals surface area contributed by atoms with Gasteiger partial charge in [-0.2, -0.15) is 0 Å². The zero-order chi connectivity index (χ0) is 18.4. The topological polar surface area (TPSA) is 74.0 Å². The molecule has 0 aromatic rings. The van der Waals surface area contributed by atoms with Crippen LogP contribution in [0.25, 0.3) is 0 Å². The number of guanidine groups is 1. The highest BCUT2D eigenvalue weighted by Gasteiger charge is 2.39. The summed E-state index contributed by atoms with van der Waals surface area (Å²) in [4.78, 5) is 20.8. The molecule has 7 heteroatoms. The van der Waals surface area contributed by atoms with Crippen LogP contribution in [0.1, 0.15) is 57.8 Å². The summed E-state index contributed by atoms with van der Waals surface area (Å²) >= 11 is 0. The maximum atomic E-state index is 11.4. The fourth-order valence-electron chi connectivity index (χ4n) is 5.15. The van der Waals surface area contributed by atoms with Gasteiger partial charge in [0.2, 0.25) is 5.91 Å². The zero-order valence-corrected chi connectivity index (χ0v) is 19.2. The van der Waals surface area contributed by atoms with Gasteiger partial charge in [0.25, 0.3) is 0 Å². The number of amides is 1. The predicted octanol–water partition coefficient (Wildman–Crippen LogP) is 2.42. The van der Waals surface area contributed by atoms with Crippen molar-refractivity contribution in [3.05, 3.63) is 0 Å².